The van der Waals surface area contributed by atoms with E-state index in [1.165, 1.54) is 6.42 Å². The number of tetrazole rings is 1. The molecule has 7 heteroatoms. The van der Waals surface area contributed by atoms with Gasteiger partial charge >= 0.3 is 0 Å². The molecule has 2 aromatic rings. The van der Waals surface area contributed by atoms with Crippen LogP contribution in [0.25, 0.3) is 5.69 Å². The van der Waals surface area contributed by atoms with Crippen LogP contribution in [0.15, 0.2) is 30.6 Å². The Morgan fingerprint density at radius 1 is 1.17 bits per heavy atom. The average molecular weight is 412 g/mol. The molecule has 2 heterocycles. The normalized spacial score (nSPS) is 22.2. The molecule has 0 spiro atoms. The molecule has 1 aromatic carbocycles. The largest absolute Gasteiger partial charge is 0.494 e. The molecule has 30 heavy (non-hydrogen) atoms. The van der Waals surface area contributed by atoms with E-state index >= 15 is 0 Å². The fourth-order valence-corrected chi connectivity index (χ4v) is 4.63. The van der Waals surface area contributed by atoms with Gasteiger partial charge in [0.1, 0.15) is 12.1 Å². The summed E-state index contributed by atoms with van der Waals surface area (Å²) in [5, 5.41) is 11.2. The number of carbonyl (C=O) groups excluding carboxylic acids is 1. The maximum atomic E-state index is 12.4. The highest BCUT2D eigenvalue weighted by molar-refractivity contribution is 5.76. The molecule has 1 amide bonds. The van der Waals surface area contributed by atoms with Crippen LogP contribution in [0.3, 0.4) is 0 Å². The van der Waals surface area contributed by atoms with Gasteiger partial charge in [-0.25, -0.2) is 4.68 Å². The van der Waals surface area contributed by atoms with Gasteiger partial charge in [-0.1, -0.05) is 20.8 Å². The summed E-state index contributed by atoms with van der Waals surface area (Å²) in [6, 6.07) is 7.85. The van der Waals surface area contributed by atoms with Crippen molar-refractivity contribution in [3.05, 3.63) is 30.6 Å². The molecule has 1 aliphatic heterocycles. The predicted octanol–water partition coefficient (Wildman–Crippen LogP) is 3.74. The fraction of sp³-hybridized carbons (Fsp3) is 0.652. The van der Waals surface area contributed by atoms with Crippen molar-refractivity contribution in [2.24, 2.45) is 23.2 Å². The quantitative estimate of drug-likeness (QED) is 0.694. The Hall–Kier alpha value is -2.44. The number of amides is 1. The Balaban J connectivity index is 1.15. The SMILES string of the molecule is CC(C)(C)CC(=O)N1CCC([C@H]2C[C@H]2CCOc2ccc(-n3cnnn3)cc2)CC1. The predicted molar refractivity (Wildman–Crippen MR) is 114 cm³/mol. The topological polar surface area (TPSA) is 73.1 Å². The first-order valence-corrected chi connectivity index (χ1v) is 11.1. The Bertz CT molecular complexity index is 820. The number of rotatable bonds is 7. The molecule has 0 N–H and O–H groups in total. The van der Waals surface area contributed by atoms with Crippen LogP contribution in [0.1, 0.15) is 52.9 Å². The van der Waals surface area contributed by atoms with Crippen molar-refractivity contribution >= 4 is 5.91 Å². The van der Waals surface area contributed by atoms with Gasteiger partial charge in [0, 0.05) is 19.5 Å². The molecule has 0 unspecified atom stereocenters. The van der Waals surface area contributed by atoms with Crippen molar-refractivity contribution in [3.8, 4) is 11.4 Å². The molecule has 2 fully saturated rings. The molecule has 2 atom stereocenters. The summed E-state index contributed by atoms with van der Waals surface area (Å²) in [6.45, 7) is 9.04. The van der Waals surface area contributed by atoms with Crippen LogP contribution in [0.4, 0.5) is 0 Å². The van der Waals surface area contributed by atoms with Gasteiger partial charge in [-0.05, 0) is 83.5 Å². The second kappa shape index (κ2) is 8.74. The highest BCUT2D eigenvalue weighted by Crippen LogP contribution is 2.49. The smallest absolute Gasteiger partial charge is 0.223 e. The molecule has 7 nitrogen and oxygen atoms in total. The van der Waals surface area contributed by atoms with Crippen molar-refractivity contribution < 1.29 is 9.53 Å². The van der Waals surface area contributed by atoms with E-state index in [0.717, 1.165) is 68.1 Å². The monoisotopic (exact) mass is 411 g/mol. The van der Waals surface area contributed by atoms with Crippen LogP contribution in [0, 0.1) is 23.2 Å². The number of benzene rings is 1. The van der Waals surface area contributed by atoms with E-state index in [0.29, 0.717) is 12.3 Å². The van der Waals surface area contributed by atoms with Crippen molar-refractivity contribution in [1.82, 2.24) is 25.1 Å². The fourth-order valence-electron chi connectivity index (χ4n) is 4.63. The van der Waals surface area contributed by atoms with Crippen LogP contribution in [-0.4, -0.2) is 50.7 Å². The number of piperidine rings is 1. The van der Waals surface area contributed by atoms with Gasteiger partial charge in [0.25, 0.3) is 0 Å². The summed E-state index contributed by atoms with van der Waals surface area (Å²) >= 11 is 0. The van der Waals surface area contributed by atoms with Crippen molar-refractivity contribution in [2.45, 2.75) is 52.9 Å². The molecule has 4 rings (SSSR count). The lowest BCUT2D eigenvalue weighted by molar-refractivity contribution is -0.134. The third-order valence-corrected chi connectivity index (χ3v) is 6.36. The first-order chi connectivity index (χ1) is 14.4. The Morgan fingerprint density at radius 3 is 2.53 bits per heavy atom. The summed E-state index contributed by atoms with van der Waals surface area (Å²) in [4.78, 5) is 14.5. The number of ether oxygens (including phenoxy) is 1. The van der Waals surface area contributed by atoms with Crippen molar-refractivity contribution in [3.63, 3.8) is 0 Å². The van der Waals surface area contributed by atoms with Crippen LogP contribution in [0.5, 0.6) is 5.75 Å². The van der Waals surface area contributed by atoms with Crippen LogP contribution >= 0.6 is 0 Å². The summed E-state index contributed by atoms with van der Waals surface area (Å²) in [5.41, 5.74) is 0.991. The molecular weight excluding hydrogens is 378 g/mol. The highest BCUT2D eigenvalue weighted by atomic mass is 16.5. The second-order valence-corrected chi connectivity index (χ2v) is 10.0. The van der Waals surface area contributed by atoms with Gasteiger partial charge in [0.05, 0.1) is 12.3 Å². The van der Waals surface area contributed by atoms with E-state index in [9.17, 15) is 4.79 Å². The first-order valence-electron chi connectivity index (χ1n) is 11.1. The lowest BCUT2D eigenvalue weighted by Crippen LogP contribution is -2.40. The third-order valence-electron chi connectivity index (χ3n) is 6.36. The lowest BCUT2D eigenvalue weighted by Gasteiger charge is -2.34. The van der Waals surface area contributed by atoms with E-state index in [4.69, 9.17) is 4.74 Å². The van der Waals surface area contributed by atoms with Crippen molar-refractivity contribution in [1.29, 1.82) is 0 Å². The number of hydrogen-bond acceptors (Lipinski definition) is 5. The van der Waals surface area contributed by atoms with E-state index in [1.54, 1.807) is 11.0 Å². The van der Waals surface area contributed by atoms with Crippen LogP contribution < -0.4 is 4.74 Å². The zero-order valence-electron chi connectivity index (χ0n) is 18.3. The summed E-state index contributed by atoms with van der Waals surface area (Å²) in [6.07, 6.45) is 6.99. The first kappa shape index (κ1) is 20.8. The van der Waals surface area contributed by atoms with Gasteiger partial charge in [-0.3, -0.25) is 4.79 Å². The third kappa shape index (κ3) is 5.37. The molecule has 1 saturated heterocycles. The standard InChI is InChI=1S/C23H33N5O2/c1-23(2,3)15-22(29)27-11-8-17(9-12-27)21-14-18(21)10-13-30-20-6-4-19(5-7-20)28-16-24-25-26-28/h4-7,16-18,21H,8-15H2,1-3H3/t18-,21-/m1/s1. The average Bonchev–Trinajstić information content (AvgIpc) is 3.27. The van der Waals surface area contributed by atoms with Gasteiger partial charge in [-0.2, -0.15) is 0 Å². The number of aromatic nitrogens is 4. The Labute approximate surface area is 178 Å². The number of hydrogen-bond donors (Lipinski definition) is 0. The molecular formula is C23H33N5O2. The minimum Gasteiger partial charge on any atom is -0.494 e. The molecule has 162 valence electrons. The molecule has 0 radical (unpaired) electrons. The maximum absolute atomic E-state index is 12.4. The number of nitrogens with zero attached hydrogens (tertiary/aromatic N) is 5. The van der Waals surface area contributed by atoms with Gasteiger partial charge in [-0.15, -0.1) is 5.10 Å². The van der Waals surface area contributed by atoms with E-state index in [-0.39, 0.29) is 5.41 Å². The van der Waals surface area contributed by atoms with Crippen LogP contribution in [0.2, 0.25) is 0 Å². The van der Waals surface area contributed by atoms with Crippen LogP contribution in [-0.2, 0) is 4.79 Å². The molecule has 1 aromatic heterocycles. The maximum Gasteiger partial charge on any atom is 0.223 e. The minimum absolute atomic E-state index is 0.0728. The Kier molecular flexibility index (Phi) is 6.06. The molecule has 2 aliphatic rings. The molecule has 0 bridgehead atoms. The summed E-state index contributed by atoms with van der Waals surface area (Å²) < 4.78 is 7.57. The summed E-state index contributed by atoms with van der Waals surface area (Å²) in [7, 11) is 0. The summed E-state index contributed by atoms with van der Waals surface area (Å²) in [5.74, 6) is 3.61. The van der Waals surface area contributed by atoms with Gasteiger partial charge in [0.15, 0.2) is 0 Å². The number of likely N-dealkylation sites (tertiary alicyclic amines) is 1. The van der Waals surface area contributed by atoms with E-state index < -0.39 is 0 Å². The van der Waals surface area contributed by atoms with E-state index in [2.05, 4.69) is 41.2 Å². The molecule has 1 aliphatic carbocycles. The zero-order valence-corrected chi connectivity index (χ0v) is 18.3. The second-order valence-electron chi connectivity index (χ2n) is 10.0. The van der Waals surface area contributed by atoms with Crippen molar-refractivity contribution in [2.75, 3.05) is 19.7 Å². The van der Waals surface area contributed by atoms with E-state index in [1.807, 2.05) is 24.3 Å². The van der Waals surface area contributed by atoms with Gasteiger partial charge in [0.2, 0.25) is 5.91 Å². The molecule has 1 saturated carbocycles. The lowest BCUT2D eigenvalue weighted by atomic mass is 9.88. The Morgan fingerprint density at radius 2 is 1.90 bits per heavy atom. The highest BCUT2D eigenvalue weighted by Gasteiger charge is 2.43. The number of carbonyl (C=O) groups is 1. The minimum atomic E-state index is 0.0728. The zero-order chi connectivity index (χ0) is 21.1. The van der Waals surface area contributed by atoms with Gasteiger partial charge < -0.3 is 9.64 Å².